The molecule has 0 aliphatic heterocycles. The molecule has 0 aromatic carbocycles. The van der Waals surface area contributed by atoms with Crippen LogP contribution in [-0.4, -0.2) is 17.9 Å². The number of anilines is 1. The van der Waals surface area contributed by atoms with Crippen molar-refractivity contribution in [1.29, 1.82) is 0 Å². The average molecular weight is 151 g/mol. The second-order valence-corrected chi connectivity index (χ2v) is 2.05. The number of amides is 1. The molecule has 0 bridgehead atoms. The third-order valence-electron chi connectivity index (χ3n) is 1.30. The smallest absolute Gasteiger partial charge is 0.250 e. The Morgan fingerprint density at radius 3 is 2.73 bits per heavy atom. The molecule has 4 heteroatoms. The van der Waals surface area contributed by atoms with Gasteiger partial charge in [0.1, 0.15) is 5.82 Å². The topological polar surface area (TPSA) is 68.0 Å². The van der Waals surface area contributed by atoms with Crippen LogP contribution in [0.25, 0.3) is 0 Å². The number of hydrogen-bond acceptors (Lipinski definition) is 3. The molecule has 0 spiro atoms. The van der Waals surface area contributed by atoms with Crippen LogP contribution in [0.5, 0.6) is 0 Å². The van der Waals surface area contributed by atoms with Gasteiger partial charge < -0.3 is 11.1 Å². The Morgan fingerprint density at radius 1 is 1.64 bits per heavy atom. The highest BCUT2D eigenvalue weighted by Gasteiger charge is 1.98. The van der Waals surface area contributed by atoms with E-state index in [4.69, 9.17) is 5.73 Å². The van der Waals surface area contributed by atoms with Crippen LogP contribution in [0, 0.1) is 0 Å². The lowest BCUT2D eigenvalue weighted by molar-refractivity contribution is 0.1000. The Bertz CT molecular complexity index is 255. The maximum atomic E-state index is 10.6. The van der Waals surface area contributed by atoms with Crippen LogP contribution in [0.3, 0.4) is 0 Å². The van der Waals surface area contributed by atoms with Crippen molar-refractivity contribution in [3.05, 3.63) is 23.9 Å². The molecule has 3 N–H and O–H groups in total. The maximum absolute atomic E-state index is 10.6. The number of nitrogens with one attached hydrogen (secondary N) is 1. The zero-order chi connectivity index (χ0) is 8.27. The van der Waals surface area contributed by atoms with Crippen molar-refractivity contribution in [2.45, 2.75) is 0 Å². The third-order valence-corrected chi connectivity index (χ3v) is 1.30. The van der Waals surface area contributed by atoms with Crippen molar-refractivity contribution < 1.29 is 4.79 Å². The number of pyridine rings is 1. The zero-order valence-corrected chi connectivity index (χ0v) is 6.16. The first-order chi connectivity index (χ1) is 5.24. The number of hydrogen-bond donors (Lipinski definition) is 2. The summed E-state index contributed by atoms with van der Waals surface area (Å²) in [5, 5.41) is 2.83. The van der Waals surface area contributed by atoms with E-state index in [9.17, 15) is 4.79 Å². The van der Waals surface area contributed by atoms with E-state index in [0.29, 0.717) is 5.56 Å². The van der Waals surface area contributed by atoms with Gasteiger partial charge in [-0.3, -0.25) is 4.79 Å². The van der Waals surface area contributed by atoms with Gasteiger partial charge in [0.2, 0.25) is 5.91 Å². The molecule has 1 rings (SSSR count). The molecule has 4 nitrogen and oxygen atoms in total. The number of primary amides is 1. The largest absolute Gasteiger partial charge is 0.373 e. The first-order valence-corrected chi connectivity index (χ1v) is 3.17. The lowest BCUT2D eigenvalue weighted by Crippen LogP contribution is -2.11. The minimum Gasteiger partial charge on any atom is -0.373 e. The number of carbonyl (C=O) groups excluding carboxylic acids is 1. The minimum absolute atomic E-state index is 0.420. The van der Waals surface area contributed by atoms with Crippen LogP contribution >= 0.6 is 0 Å². The summed E-state index contributed by atoms with van der Waals surface area (Å²) in [6.07, 6.45) is 1.44. The number of rotatable bonds is 2. The van der Waals surface area contributed by atoms with E-state index in [2.05, 4.69) is 10.3 Å². The number of carbonyl (C=O) groups is 1. The molecule has 11 heavy (non-hydrogen) atoms. The predicted molar refractivity (Wildman–Crippen MR) is 42.3 cm³/mol. The fourth-order valence-electron chi connectivity index (χ4n) is 0.688. The second-order valence-electron chi connectivity index (χ2n) is 2.05. The number of aromatic nitrogens is 1. The molecule has 0 fully saturated rings. The summed E-state index contributed by atoms with van der Waals surface area (Å²) in [5.41, 5.74) is 5.43. The first kappa shape index (κ1) is 7.53. The molecule has 0 saturated carbocycles. The Kier molecular flexibility index (Phi) is 2.06. The summed E-state index contributed by atoms with van der Waals surface area (Å²) in [6.45, 7) is 0. The summed E-state index contributed by atoms with van der Waals surface area (Å²) in [6, 6.07) is 3.32. The molecule has 0 saturated heterocycles. The predicted octanol–water partition coefficient (Wildman–Crippen LogP) is 0.222. The summed E-state index contributed by atoms with van der Waals surface area (Å²) in [7, 11) is 1.76. The van der Waals surface area contributed by atoms with Gasteiger partial charge in [0.25, 0.3) is 0 Å². The first-order valence-electron chi connectivity index (χ1n) is 3.17. The molecule has 1 amide bonds. The SMILES string of the molecule is CNc1ccc(C(N)=O)cn1. The quantitative estimate of drug-likeness (QED) is 0.635. The van der Waals surface area contributed by atoms with Crippen LogP contribution in [0.4, 0.5) is 5.82 Å². The van der Waals surface area contributed by atoms with E-state index in [1.807, 2.05) is 0 Å². The standard InChI is InChI=1S/C7H9N3O/c1-9-6-3-2-5(4-10-6)7(8)11/h2-4H,1H3,(H2,8,11)(H,9,10). The fraction of sp³-hybridized carbons (Fsp3) is 0.143. The summed E-state index contributed by atoms with van der Waals surface area (Å²) in [5.74, 6) is 0.259. The maximum Gasteiger partial charge on any atom is 0.250 e. The summed E-state index contributed by atoms with van der Waals surface area (Å²) >= 11 is 0. The van der Waals surface area contributed by atoms with Crippen LogP contribution in [0.2, 0.25) is 0 Å². The molecule has 58 valence electrons. The van der Waals surface area contributed by atoms with Crippen molar-refractivity contribution in [3.63, 3.8) is 0 Å². The van der Waals surface area contributed by atoms with Gasteiger partial charge in [0.15, 0.2) is 0 Å². The van der Waals surface area contributed by atoms with Crippen molar-refractivity contribution in [1.82, 2.24) is 4.98 Å². The van der Waals surface area contributed by atoms with E-state index in [0.717, 1.165) is 5.82 Å². The zero-order valence-electron chi connectivity index (χ0n) is 6.16. The molecule has 0 radical (unpaired) electrons. The highest BCUT2D eigenvalue weighted by atomic mass is 16.1. The Labute approximate surface area is 64.4 Å². The van der Waals surface area contributed by atoms with Gasteiger partial charge in [-0.2, -0.15) is 0 Å². The van der Waals surface area contributed by atoms with Gasteiger partial charge >= 0.3 is 0 Å². The highest BCUT2D eigenvalue weighted by molar-refractivity contribution is 5.92. The van der Waals surface area contributed by atoms with E-state index in [-0.39, 0.29) is 0 Å². The average Bonchev–Trinajstić information content (AvgIpc) is 2.05. The van der Waals surface area contributed by atoms with E-state index < -0.39 is 5.91 Å². The molecule has 0 aliphatic rings. The van der Waals surface area contributed by atoms with E-state index in [1.54, 1.807) is 19.2 Å². The molecular weight excluding hydrogens is 142 g/mol. The van der Waals surface area contributed by atoms with Crippen molar-refractivity contribution >= 4 is 11.7 Å². The Hall–Kier alpha value is -1.58. The number of nitrogens with two attached hydrogens (primary N) is 1. The Balaban J connectivity index is 2.91. The molecule has 1 heterocycles. The fourth-order valence-corrected chi connectivity index (χ4v) is 0.688. The second kappa shape index (κ2) is 3.01. The molecule has 1 aromatic heterocycles. The lowest BCUT2D eigenvalue weighted by Gasteiger charge is -1.97. The summed E-state index contributed by atoms with van der Waals surface area (Å²) < 4.78 is 0. The van der Waals surface area contributed by atoms with Gasteiger partial charge in [0, 0.05) is 13.2 Å². The summed E-state index contributed by atoms with van der Waals surface area (Å²) in [4.78, 5) is 14.5. The van der Waals surface area contributed by atoms with E-state index in [1.165, 1.54) is 6.20 Å². The molecule has 0 atom stereocenters. The number of nitrogens with zero attached hydrogens (tertiary/aromatic N) is 1. The van der Waals surface area contributed by atoms with Crippen molar-refractivity contribution in [3.8, 4) is 0 Å². The lowest BCUT2D eigenvalue weighted by atomic mass is 10.3. The minimum atomic E-state index is -0.458. The molecular formula is C7H9N3O. The van der Waals surface area contributed by atoms with Gasteiger partial charge in [0.05, 0.1) is 5.56 Å². The third kappa shape index (κ3) is 1.67. The van der Waals surface area contributed by atoms with Gasteiger partial charge in [-0.15, -0.1) is 0 Å². The molecule has 0 unspecified atom stereocenters. The van der Waals surface area contributed by atoms with Gasteiger partial charge in [-0.1, -0.05) is 0 Å². The van der Waals surface area contributed by atoms with E-state index >= 15 is 0 Å². The monoisotopic (exact) mass is 151 g/mol. The van der Waals surface area contributed by atoms with Crippen LogP contribution < -0.4 is 11.1 Å². The van der Waals surface area contributed by atoms with Crippen LogP contribution in [-0.2, 0) is 0 Å². The molecule has 1 aromatic rings. The van der Waals surface area contributed by atoms with Gasteiger partial charge in [-0.05, 0) is 12.1 Å². The van der Waals surface area contributed by atoms with Gasteiger partial charge in [-0.25, -0.2) is 4.98 Å². The van der Waals surface area contributed by atoms with Crippen molar-refractivity contribution in [2.75, 3.05) is 12.4 Å². The normalized spacial score (nSPS) is 9.18. The Morgan fingerprint density at radius 2 is 2.36 bits per heavy atom. The van der Waals surface area contributed by atoms with Crippen molar-refractivity contribution in [2.24, 2.45) is 5.73 Å². The highest BCUT2D eigenvalue weighted by Crippen LogP contribution is 2.02. The van der Waals surface area contributed by atoms with Crippen LogP contribution in [0.15, 0.2) is 18.3 Å². The van der Waals surface area contributed by atoms with Crippen LogP contribution in [0.1, 0.15) is 10.4 Å². The molecule has 0 aliphatic carbocycles.